The summed E-state index contributed by atoms with van der Waals surface area (Å²) in [6.45, 7) is 9.32. The smallest absolute Gasteiger partial charge is 0.256 e. The number of carbonyl (C=O) groups excluding carboxylic acids is 2. The highest BCUT2D eigenvalue weighted by atomic mass is 32.2. The lowest BCUT2D eigenvalue weighted by atomic mass is 10.1. The molecule has 0 fully saturated rings. The van der Waals surface area contributed by atoms with E-state index in [1.807, 2.05) is 58.0 Å². The molecule has 0 aliphatic carbocycles. The first kappa shape index (κ1) is 27.3. The number of benzene rings is 2. The summed E-state index contributed by atoms with van der Waals surface area (Å²) in [5, 5.41) is 6.37. The van der Waals surface area contributed by atoms with Crippen LogP contribution >= 0.6 is 23.1 Å². The van der Waals surface area contributed by atoms with Crippen LogP contribution in [-0.4, -0.2) is 48.9 Å². The van der Waals surface area contributed by atoms with Gasteiger partial charge in [-0.05, 0) is 39.8 Å². The molecule has 36 heavy (non-hydrogen) atoms. The average molecular weight is 530 g/mol. The van der Waals surface area contributed by atoms with E-state index in [2.05, 4.69) is 10.6 Å². The summed E-state index contributed by atoms with van der Waals surface area (Å²) in [6, 6.07) is 12.9. The molecule has 10 heteroatoms. The Bertz CT molecular complexity index is 1140. The number of anilines is 1. The molecule has 0 saturated carbocycles. The second-order valence-corrected chi connectivity index (χ2v) is 9.54. The molecular formula is C26H31N3O5S2. The first-order chi connectivity index (χ1) is 17.5. The van der Waals surface area contributed by atoms with Crippen molar-refractivity contribution in [1.82, 2.24) is 10.3 Å². The van der Waals surface area contributed by atoms with Crippen LogP contribution in [0.4, 0.5) is 5.00 Å². The minimum absolute atomic E-state index is 0.0640. The fraction of sp³-hybridized carbons (Fsp3) is 0.346. The molecule has 8 nitrogen and oxygen atoms in total. The molecule has 0 bridgehead atoms. The zero-order chi connectivity index (χ0) is 25.9. The zero-order valence-electron chi connectivity index (χ0n) is 20.9. The number of nitrogens with zero attached hydrogens (tertiary/aromatic N) is 1. The molecule has 2 aromatic carbocycles. The predicted octanol–water partition coefficient (Wildman–Crippen LogP) is 5.49. The van der Waals surface area contributed by atoms with E-state index in [-0.39, 0.29) is 17.6 Å². The van der Waals surface area contributed by atoms with Crippen LogP contribution in [0, 0.1) is 0 Å². The van der Waals surface area contributed by atoms with E-state index >= 15 is 0 Å². The molecule has 0 spiro atoms. The quantitative estimate of drug-likeness (QED) is 0.283. The highest BCUT2D eigenvalue weighted by Gasteiger charge is 2.21. The molecule has 0 unspecified atom stereocenters. The van der Waals surface area contributed by atoms with Gasteiger partial charge < -0.3 is 24.8 Å². The molecule has 192 valence electrons. The van der Waals surface area contributed by atoms with Crippen molar-refractivity contribution in [2.45, 2.75) is 32.0 Å². The van der Waals surface area contributed by atoms with Crippen LogP contribution < -0.4 is 24.8 Å². The Morgan fingerprint density at radius 1 is 0.944 bits per heavy atom. The van der Waals surface area contributed by atoms with Gasteiger partial charge in [-0.3, -0.25) is 9.59 Å². The van der Waals surface area contributed by atoms with Crippen LogP contribution in [0.2, 0.25) is 0 Å². The van der Waals surface area contributed by atoms with Crippen molar-refractivity contribution in [3.8, 4) is 28.5 Å². The van der Waals surface area contributed by atoms with E-state index in [1.165, 1.54) is 23.1 Å². The summed E-state index contributed by atoms with van der Waals surface area (Å²) in [6.07, 6.45) is 0. The summed E-state index contributed by atoms with van der Waals surface area (Å²) < 4.78 is 17.9. The third-order valence-corrected chi connectivity index (χ3v) is 6.87. The van der Waals surface area contributed by atoms with Crippen molar-refractivity contribution in [2.24, 2.45) is 0 Å². The SMILES string of the molecule is CCNC(=O)CSc1nc(-c2ccccc2)c(NC(=O)c2cc(OCC)c(OCC)c(OCC)c2)s1. The maximum atomic E-state index is 13.4. The molecule has 1 heterocycles. The van der Waals surface area contributed by atoms with Crippen LogP contribution in [0.15, 0.2) is 46.8 Å². The Morgan fingerprint density at radius 3 is 2.17 bits per heavy atom. The van der Waals surface area contributed by atoms with E-state index in [0.717, 1.165) is 5.56 Å². The molecule has 3 aromatic rings. The van der Waals surface area contributed by atoms with Gasteiger partial charge in [0, 0.05) is 17.7 Å². The van der Waals surface area contributed by atoms with Crippen LogP contribution in [0.3, 0.4) is 0 Å². The number of thiazole rings is 1. The third-order valence-electron chi connectivity index (χ3n) is 4.75. The van der Waals surface area contributed by atoms with E-state index in [1.54, 1.807) is 12.1 Å². The number of carbonyl (C=O) groups is 2. The maximum absolute atomic E-state index is 13.4. The monoisotopic (exact) mass is 529 g/mol. The van der Waals surface area contributed by atoms with Crippen molar-refractivity contribution in [1.29, 1.82) is 0 Å². The van der Waals surface area contributed by atoms with Gasteiger partial charge in [0.1, 0.15) is 10.7 Å². The topological polar surface area (TPSA) is 98.8 Å². The number of amides is 2. The largest absolute Gasteiger partial charge is 0.490 e. The van der Waals surface area contributed by atoms with Gasteiger partial charge in [0.15, 0.2) is 15.8 Å². The Labute approximate surface area is 219 Å². The fourth-order valence-corrected chi connectivity index (χ4v) is 5.20. The van der Waals surface area contributed by atoms with Crippen LogP contribution in [-0.2, 0) is 4.79 Å². The fourth-order valence-electron chi connectivity index (χ4n) is 3.31. The van der Waals surface area contributed by atoms with Gasteiger partial charge in [0.25, 0.3) is 5.91 Å². The Balaban J connectivity index is 1.94. The number of nitrogens with one attached hydrogen (secondary N) is 2. The van der Waals surface area contributed by atoms with Gasteiger partial charge >= 0.3 is 0 Å². The molecule has 3 rings (SSSR count). The summed E-state index contributed by atoms with van der Waals surface area (Å²) in [5.41, 5.74) is 1.88. The predicted molar refractivity (Wildman–Crippen MR) is 145 cm³/mol. The number of rotatable bonds is 13. The number of aromatic nitrogens is 1. The molecule has 1 aromatic heterocycles. The van der Waals surface area contributed by atoms with Crippen molar-refractivity contribution in [3.63, 3.8) is 0 Å². The summed E-state index contributed by atoms with van der Waals surface area (Å²) in [5.74, 6) is 1.22. The van der Waals surface area contributed by atoms with E-state index in [9.17, 15) is 9.59 Å². The molecule has 0 aliphatic heterocycles. The Kier molecular flexibility index (Phi) is 10.4. The highest BCUT2D eigenvalue weighted by Crippen LogP contribution is 2.41. The minimum Gasteiger partial charge on any atom is -0.490 e. The van der Waals surface area contributed by atoms with E-state index in [0.29, 0.717) is 64.2 Å². The lowest BCUT2D eigenvalue weighted by molar-refractivity contribution is -0.118. The van der Waals surface area contributed by atoms with Gasteiger partial charge in [-0.25, -0.2) is 4.98 Å². The van der Waals surface area contributed by atoms with Gasteiger partial charge in [-0.1, -0.05) is 53.4 Å². The molecule has 0 saturated heterocycles. The molecule has 2 N–H and O–H groups in total. The molecule has 0 atom stereocenters. The van der Waals surface area contributed by atoms with Crippen molar-refractivity contribution >= 4 is 39.9 Å². The molecular weight excluding hydrogens is 498 g/mol. The van der Waals surface area contributed by atoms with Crippen LogP contribution in [0.25, 0.3) is 11.3 Å². The summed E-state index contributed by atoms with van der Waals surface area (Å²) >= 11 is 2.66. The van der Waals surface area contributed by atoms with Crippen molar-refractivity contribution in [3.05, 3.63) is 48.0 Å². The molecule has 0 aliphatic rings. The van der Waals surface area contributed by atoms with Crippen molar-refractivity contribution in [2.75, 3.05) is 37.4 Å². The molecule has 2 amide bonds. The minimum atomic E-state index is -0.332. The Hall–Kier alpha value is -3.24. The van der Waals surface area contributed by atoms with Gasteiger partial charge in [-0.15, -0.1) is 0 Å². The average Bonchev–Trinajstić information content (AvgIpc) is 3.28. The van der Waals surface area contributed by atoms with Crippen LogP contribution in [0.5, 0.6) is 17.2 Å². The first-order valence-corrected chi connectivity index (χ1v) is 13.6. The van der Waals surface area contributed by atoms with Crippen LogP contribution in [0.1, 0.15) is 38.1 Å². The Morgan fingerprint density at radius 2 is 1.58 bits per heavy atom. The lowest BCUT2D eigenvalue weighted by Crippen LogP contribution is -2.24. The number of hydrogen-bond acceptors (Lipinski definition) is 8. The third kappa shape index (κ3) is 7.14. The summed E-state index contributed by atoms with van der Waals surface area (Å²) in [7, 11) is 0. The second kappa shape index (κ2) is 13.7. The zero-order valence-corrected chi connectivity index (χ0v) is 22.5. The second-order valence-electron chi connectivity index (χ2n) is 7.32. The number of ether oxygens (including phenoxy) is 3. The van der Waals surface area contributed by atoms with E-state index < -0.39 is 0 Å². The normalized spacial score (nSPS) is 10.6. The summed E-state index contributed by atoms with van der Waals surface area (Å²) in [4.78, 5) is 30.0. The standard InChI is InChI=1S/C26H31N3O5S2/c1-5-27-21(30)16-35-26-28-22(17-12-10-9-11-13-17)25(36-26)29-24(31)18-14-19(32-6-2)23(34-8-4)20(15-18)33-7-3/h9-15H,5-8,16H2,1-4H3,(H,27,30)(H,29,31). The number of hydrogen-bond donors (Lipinski definition) is 2. The van der Waals surface area contributed by atoms with Crippen molar-refractivity contribution < 1.29 is 23.8 Å². The van der Waals surface area contributed by atoms with Gasteiger partial charge in [0.05, 0.1) is 25.6 Å². The van der Waals surface area contributed by atoms with Gasteiger partial charge in [0.2, 0.25) is 11.7 Å². The molecule has 0 radical (unpaired) electrons. The first-order valence-electron chi connectivity index (χ1n) is 11.8. The maximum Gasteiger partial charge on any atom is 0.256 e. The van der Waals surface area contributed by atoms with E-state index in [4.69, 9.17) is 19.2 Å². The van der Waals surface area contributed by atoms with Gasteiger partial charge in [-0.2, -0.15) is 0 Å². The number of thioether (sulfide) groups is 1. The highest BCUT2D eigenvalue weighted by molar-refractivity contribution is 8.01. The lowest BCUT2D eigenvalue weighted by Gasteiger charge is -2.17.